The van der Waals surface area contributed by atoms with E-state index in [0.29, 0.717) is 43.9 Å². The van der Waals surface area contributed by atoms with Crippen LogP contribution in [0, 0.1) is 0 Å². The van der Waals surface area contributed by atoms with Crippen molar-refractivity contribution in [2.45, 2.75) is 31.5 Å². The minimum atomic E-state index is -4.47. The Morgan fingerprint density at radius 1 is 1.09 bits per heavy atom. The number of nitrogens with zero attached hydrogens (tertiary/aromatic N) is 5. The third-order valence-corrected chi connectivity index (χ3v) is 6.58. The summed E-state index contributed by atoms with van der Waals surface area (Å²) < 4.78 is 43.7. The quantitative estimate of drug-likeness (QED) is 0.637. The normalized spacial score (nSPS) is 17.9. The van der Waals surface area contributed by atoms with Crippen LogP contribution in [0.25, 0.3) is 0 Å². The van der Waals surface area contributed by atoms with Crippen LogP contribution in [0.3, 0.4) is 0 Å². The lowest BCUT2D eigenvalue weighted by Crippen LogP contribution is -2.48. The fourth-order valence-corrected chi connectivity index (χ4v) is 4.51. The van der Waals surface area contributed by atoms with E-state index in [1.807, 2.05) is 23.2 Å². The molecule has 4 heterocycles. The summed E-state index contributed by atoms with van der Waals surface area (Å²) in [7, 11) is 1.60. The van der Waals surface area contributed by atoms with Gasteiger partial charge in [0.25, 0.3) is 0 Å². The fourth-order valence-electron chi connectivity index (χ4n) is 4.51. The van der Waals surface area contributed by atoms with Crippen molar-refractivity contribution in [1.82, 2.24) is 19.8 Å². The number of carbonyl (C=O) groups is 1. The Balaban J connectivity index is 1.16. The van der Waals surface area contributed by atoms with Crippen molar-refractivity contribution in [1.29, 1.82) is 0 Å². The Labute approximate surface area is 203 Å². The number of hydrogen-bond acceptors (Lipinski definition) is 7. The van der Waals surface area contributed by atoms with Crippen molar-refractivity contribution in [3.05, 3.63) is 42.4 Å². The molecule has 0 bridgehead atoms. The summed E-state index contributed by atoms with van der Waals surface area (Å²) in [6, 6.07) is 6.46. The summed E-state index contributed by atoms with van der Waals surface area (Å²) in [6.07, 6.45) is 0.389. The van der Waals surface area contributed by atoms with Gasteiger partial charge in [-0.1, -0.05) is 0 Å². The van der Waals surface area contributed by atoms with Crippen molar-refractivity contribution in [2.75, 3.05) is 63.1 Å². The van der Waals surface area contributed by atoms with Crippen molar-refractivity contribution < 1.29 is 22.7 Å². The first-order valence-corrected chi connectivity index (χ1v) is 11.9. The summed E-state index contributed by atoms with van der Waals surface area (Å²) in [4.78, 5) is 26.8. The fraction of sp³-hybridized carbons (Fsp3) is 0.542. The highest BCUT2D eigenvalue weighted by Gasteiger charge is 2.33. The first-order chi connectivity index (χ1) is 16.8. The van der Waals surface area contributed by atoms with Crippen molar-refractivity contribution in [3.8, 4) is 5.88 Å². The number of nitrogens with one attached hydrogen (secondary N) is 1. The number of rotatable bonds is 7. The number of likely N-dealkylation sites (tertiary alicyclic amines) is 1. The summed E-state index contributed by atoms with van der Waals surface area (Å²) >= 11 is 0. The molecular weight excluding hydrogens is 461 g/mol. The molecule has 4 rings (SSSR count). The summed E-state index contributed by atoms with van der Waals surface area (Å²) in [5, 5.41) is 3.16. The first kappa shape index (κ1) is 25.0. The molecule has 2 fully saturated rings. The van der Waals surface area contributed by atoms with E-state index in [0.717, 1.165) is 50.7 Å². The van der Waals surface area contributed by atoms with Crippen LogP contribution >= 0.6 is 0 Å². The third-order valence-electron chi connectivity index (χ3n) is 6.58. The van der Waals surface area contributed by atoms with Gasteiger partial charge >= 0.3 is 6.18 Å². The second-order valence-corrected chi connectivity index (χ2v) is 8.86. The van der Waals surface area contributed by atoms with Gasteiger partial charge in [0.2, 0.25) is 11.8 Å². The second-order valence-electron chi connectivity index (χ2n) is 8.86. The number of aromatic nitrogens is 2. The Morgan fingerprint density at radius 3 is 2.46 bits per heavy atom. The maximum absolute atomic E-state index is 12.9. The number of ether oxygens (including phenoxy) is 1. The van der Waals surface area contributed by atoms with Crippen molar-refractivity contribution >= 4 is 17.3 Å². The van der Waals surface area contributed by atoms with Gasteiger partial charge in [0.05, 0.1) is 19.0 Å². The number of carbonyl (C=O) groups excluding carboxylic acids is 1. The molecule has 2 saturated heterocycles. The molecule has 0 aromatic carbocycles. The zero-order valence-electron chi connectivity index (χ0n) is 19.8. The monoisotopic (exact) mass is 492 g/mol. The van der Waals surface area contributed by atoms with Gasteiger partial charge in [-0.3, -0.25) is 14.7 Å². The molecule has 11 heteroatoms. The van der Waals surface area contributed by atoms with E-state index in [2.05, 4.69) is 25.1 Å². The molecule has 0 atom stereocenters. The Kier molecular flexibility index (Phi) is 7.94. The van der Waals surface area contributed by atoms with E-state index in [9.17, 15) is 18.0 Å². The summed E-state index contributed by atoms with van der Waals surface area (Å²) in [5.41, 5.74) is 0.567. The van der Waals surface area contributed by atoms with E-state index >= 15 is 0 Å². The Morgan fingerprint density at radius 2 is 1.83 bits per heavy atom. The molecule has 0 unspecified atom stereocenters. The molecule has 2 aromatic rings. The van der Waals surface area contributed by atoms with Gasteiger partial charge in [-0.2, -0.15) is 13.2 Å². The summed E-state index contributed by atoms with van der Waals surface area (Å²) in [5.74, 6) is 0.729. The van der Waals surface area contributed by atoms with Crippen LogP contribution < -0.4 is 15.0 Å². The van der Waals surface area contributed by atoms with Crippen LogP contribution in [-0.4, -0.2) is 84.6 Å². The van der Waals surface area contributed by atoms with E-state index in [1.54, 1.807) is 7.11 Å². The van der Waals surface area contributed by atoms with Crippen molar-refractivity contribution in [2.24, 2.45) is 0 Å². The highest BCUT2D eigenvalue weighted by Crippen LogP contribution is 2.29. The third kappa shape index (κ3) is 6.74. The molecule has 0 aliphatic carbocycles. The predicted molar refractivity (Wildman–Crippen MR) is 127 cm³/mol. The predicted octanol–water partition coefficient (Wildman–Crippen LogP) is 3.12. The number of methoxy groups -OCH3 is 1. The number of pyridine rings is 2. The minimum Gasteiger partial charge on any atom is -0.481 e. The maximum Gasteiger partial charge on any atom is 0.433 e. The lowest BCUT2D eigenvalue weighted by molar-refractivity contribution is -0.141. The van der Waals surface area contributed by atoms with Crippen LogP contribution in [-0.2, 0) is 11.0 Å². The topological polar surface area (TPSA) is 73.8 Å². The number of anilines is 2. The molecule has 0 radical (unpaired) electrons. The molecule has 190 valence electrons. The smallest absolute Gasteiger partial charge is 0.433 e. The summed E-state index contributed by atoms with van der Waals surface area (Å²) in [6.45, 7) is 5.46. The highest BCUT2D eigenvalue weighted by molar-refractivity contribution is 5.76. The number of amides is 1. The molecule has 1 amide bonds. The Bertz CT molecular complexity index is 972. The molecule has 2 aromatic heterocycles. The molecule has 1 N–H and O–H groups in total. The molecular formula is C24H31F3N6O2. The number of halogens is 3. The standard InChI is InChI=1S/C24H31F3N6O2/c1-35-22-3-2-20(17-29-22)32-14-12-31(13-15-32)9-7-23(34)33-10-5-18(6-11-33)30-19-4-8-28-21(16-19)24(25,26)27/h2-4,8,16-18H,5-7,9-15H2,1H3,(H,28,30). The zero-order chi connectivity index (χ0) is 24.8. The van der Waals surface area contributed by atoms with Crippen LogP contribution in [0.4, 0.5) is 24.5 Å². The van der Waals surface area contributed by atoms with Gasteiger partial charge in [0.1, 0.15) is 5.69 Å². The maximum atomic E-state index is 12.9. The Hall–Kier alpha value is -3.08. The van der Waals surface area contributed by atoms with Gasteiger partial charge in [0.15, 0.2) is 0 Å². The number of piperazine rings is 1. The lowest BCUT2D eigenvalue weighted by atomic mass is 10.0. The first-order valence-electron chi connectivity index (χ1n) is 11.9. The van der Waals surface area contributed by atoms with Gasteiger partial charge < -0.3 is 19.9 Å². The molecule has 0 saturated carbocycles. The molecule has 35 heavy (non-hydrogen) atoms. The molecule has 8 nitrogen and oxygen atoms in total. The highest BCUT2D eigenvalue weighted by atomic mass is 19.4. The number of piperidine rings is 1. The van der Waals surface area contributed by atoms with Crippen LogP contribution in [0.2, 0.25) is 0 Å². The average Bonchev–Trinajstić information content (AvgIpc) is 2.88. The van der Waals surface area contributed by atoms with Gasteiger partial charge in [0, 0.05) is 76.2 Å². The molecule has 2 aliphatic heterocycles. The SMILES string of the molecule is COc1ccc(N2CCN(CCC(=O)N3CCC(Nc4ccnc(C(F)(F)F)c4)CC3)CC2)cn1. The van der Waals surface area contributed by atoms with Gasteiger partial charge in [-0.15, -0.1) is 0 Å². The lowest BCUT2D eigenvalue weighted by Gasteiger charge is -2.37. The minimum absolute atomic E-state index is 0.0306. The van der Waals surface area contributed by atoms with E-state index in [4.69, 9.17) is 4.74 Å². The largest absolute Gasteiger partial charge is 0.481 e. The van der Waals surface area contributed by atoms with Crippen LogP contribution in [0.5, 0.6) is 5.88 Å². The van der Waals surface area contributed by atoms with E-state index < -0.39 is 11.9 Å². The molecule has 0 spiro atoms. The van der Waals surface area contributed by atoms with E-state index in [1.165, 1.54) is 6.07 Å². The second kappa shape index (κ2) is 11.1. The zero-order valence-corrected chi connectivity index (χ0v) is 19.8. The molecule has 2 aliphatic rings. The van der Waals surface area contributed by atoms with Crippen LogP contribution in [0.1, 0.15) is 25.0 Å². The number of alkyl halides is 3. The van der Waals surface area contributed by atoms with Gasteiger partial charge in [-0.25, -0.2) is 4.98 Å². The number of hydrogen-bond donors (Lipinski definition) is 1. The van der Waals surface area contributed by atoms with E-state index in [-0.39, 0.29) is 11.9 Å². The van der Waals surface area contributed by atoms with Crippen molar-refractivity contribution in [3.63, 3.8) is 0 Å². The van der Waals surface area contributed by atoms with Gasteiger partial charge in [-0.05, 0) is 31.0 Å². The van der Waals surface area contributed by atoms with Crippen LogP contribution in [0.15, 0.2) is 36.7 Å². The average molecular weight is 493 g/mol.